The maximum Gasteiger partial charge on any atom is 0.339 e. The highest BCUT2D eigenvalue weighted by Crippen LogP contribution is 2.33. The van der Waals surface area contributed by atoms with Crippen molar-refractivity contribution in [1.82, 2.24) is 10.3 Å². The summed E-state index contributed by atoms with van der Waals surface area (Å²) in [4.78, 5) is 40.3. The highest BCUT2D eigenvalue weighted by Gasteiger charge is 2.24. The number of carbonyl (C=O) groups is 2. The van der Waals surface area contributed by atoms with Gasteiger partial charge in [0, 0.05) is 40.0 Å². The molecule has 0 aliphatic heterocycles. The molecule has 0 unspecified atom stereocenters. The molecule has 8 nitrogen and oxygen atoms in total. The van der Waals surface area contributed by atoms with Crippen molar-refractivity contribution in [3.05, 3.63) is 75.3 Å². The van der Waals surface area contributed by atoms with Gasteiger partial charge in [0.2, 0.25) is 0 Å². The highest BCUT2D eigenvalue weighted by molar-refractivity contribution is 5.89. The van der Waals surface area contributed by atoms with Crippen molar-refractivity contribution >= 4 is 33.7 Å². The molecule has 0 fully saturated rings. The Morgan fingerprint density at radius 1 is 1.11 bits per heavy atom. The number of fused-ring (bicyclic) bond motifs is 4. The van der Waals surface area contributed by atoms with Gasteiger partial charge in [-0.3, -0.25) is 4.79 Å². The minimum absolute atomic E-state index is 0.0656. The quantitative estimate of drug-likeness (QED) is 0.386. The monoisotopic (exact) mass is 487 g/mol. The van der Waals surface area contributed by atoms with Gasteiger partial charge in [-0.1, -0.05) is 18.2 Å². The Morgan fingerprint density at radius 2 is 1.86 bits per heavy atom. The van der Waals surface area contributed by atoms with Crippen molar-refractivity contribution < 1.29 is 23.8 Å². The van der Waals surface area contributed by atoms with Crippen LogP contribution in [0.2, 0.25) is 0 Å². The Morgan fingerprint density at radius 3 is 2.64 bits per heavy atom. The summed E-state index contributed by atoms with van der Waals surface area (Å²) in [5.74, 6) is -1.57. The van der Waals surface area contributed by atoms with E-state index >= 15 is 0 Å². The maximum absolute atomic E-state index is 12.9. The van der Waals surface area contributed by atoms with Gasteiger partial charge in [-0.25, -0.2) is 4.79 Å². The number of carboxylic acid groups (broad SMARTS) is 1. The molecule has 4 aromatic rings. The second-order valence-electron chi connectivity index (χ2n) is 9.32. The van der Waals surface area contributed by atoms with Crippen LogP contribution in [0.15, 0.2) is 51.8 Å². The number of aromatic amines is 1. The van der Waals surface area contributed by atoms with Gasteiger partial charge in [-0.2, -0.15) is 0 Å². The average Bonchev–Trinajstić information content (AvgIpc) is 3.28. The summed E-state index contributed by atoms with van der Waals surface area (Å²) in [6.45, 7) is 3.32. The van der Waals surface area contributed by atoms with Crippen molar-refractivity contribution in [3.63, 3.8) is 0 Å². The molecule has 2 atom stereocenters. The SMILES string of the molecule is Cc1c(O[C@@H](C)C(=O)N[C@@H](Cc2c[nH]c3ccccc23)C(=O)[O-])ccc2c3c(c(=O)oc12)CCCC3. The largest absolute Gasteiger partial charge is 0.548 e. The number of nitrogens with one attached hydrogen (secondary N) is 2. The van der Waals surface area contributed by atoms with Gasteiger partial charge in [-0.15, -0.1) is 0 Å². The van der Waals surface area contributed by atoms with Crippen LogP contribution in [0.1, 0.15) is 42.0 Å². The van der Waals surface area contributed by atoms with E-state index in [-0.39, 0.29) is 12.0 Å². The lowest BCUT2D eigenvalue weighted by Gasteiger charge is -2.23. The van der Waals surface area contributed by atoms with Gasteiger partial charge in [-0.05, 0) is 68.9 Å². The van der Waals surface area contributed by atoms with Gasteiger partial charge < -0.3 is 29.4 Å². The van der Waals surface area contributed by atoms with Crippen LogP contribution in [0.5, 0.6) is 5.75 Å². The number of hydrogen-bond donors (Lipinski definition) is 2. The van der Waals surface area contributed by atoms with Crippen molar-refractivity contribution in [1.29, 1.82) is 0 Å². The number of aromatic nitrogens is 1. The Kier molecular flexibility index (Phi) is 6.26. The van der Waals surface area contributed by atoms with E-state index in [0.717, 1.165) is 58.7 Å². The fraction of sp³-hybridized carbons (Fsp3) is 0.321. The van der Waals surface area contributed by atoms with Crippen molar-refractivity contribution in [3.8, 4) is 5.75 Å². The molecular formula is C28H27N2O6-. The molecule has 0 saturated carbocycles. The van der Waals surface area contributed by atoms with E-state index in [1.807, 2.05) is 30.3 Å². The molecule has 36 heavy (non-hydrogen) atoms. The number of benzene rings is 2. The predicted octanol–water partition coefficient (Wildman–Crippen LogP) is 2.71. The minimum Gasteiger partial charge on any atom is -0.548 e. The van der Waals surface area contributed by atoms with Crippen molar-refractivity contribution in [2.24, 2.45) is 0 Å². The molecule has 1 aliphatic rings. The first-order valence-corrected chi connectivity index (χ1v) is 12.1. The van der Waals surface area contributed by atoms with E-state index in [9.17, 15) is 19.5 Å². The first-order valence-electron chi connectivity index (χ1n) is 12.1. The number of para-hydroxylation sites is 1. The van der Waals surface area contributed by atoms with Gasteiger partial charge in [0.15, 0.2) is 6.10 Å². The summed E-state index contributed by atoms with van der Waals surface area (Å²) in [5.41, 5.74) is 4.17. The van der Waals surface area contributed by atoms with E-state index in [4.69, 9.17) is 9.15 Å². The van der Waals surface area contributed by atoms with Crippen LogP contribution in [-0.4, -0.2) is 29.0 Å². The molecule has 0 bridgehead atoms. The molecule has 0 saturated heterocycles. The lowest BCUT2D eigenvalue weighted by molar-refractivity contribution is -0.308. The molecule has 1 amide bonds. The second-order valence-corrected chi connectivity index (χ2v) is 9.32. The molecule has 5 rings (SSSR count). The molecule has 0 radical (unpaired) electrons. The molecule has 1 aliphatic carbocycles. The third-order valence-corrected chi connectivity index (χ3v) is 6.96. The van der Waals surface area contributed by atoms with Gasteiger partial charge in [0.25, 0.3) is 5.91 Å². The van der Waals surface area contributed by atoms with Gasteiger partial charge in [0.1, 0.15) is 11.3 Å². The third-order valence-electron chi connectivity index (χ3n) is 6.96. The molecule has 2 N–H and O–H groups in total. The minimum atomic E-state index is -1.38. The average molecular weight is 488 g/mol. The zero-order chi connectivity index (χ0) is 25.4. The van der Waals surface area contributed by atoms with Crippen LogP contribution in [0.4, 0.5) is 0 Å². The summed E-state index contributed by atoms with van der Waals surface area (Å²) in [7, 11) is 0. The zero-order valence-electron chi connectivity index (χ0n) is 20.2. The highest BCUT2D eigenvalue weighted by atomic mass is 16.5. The molecular weight excluding hydrogens is 460 g/mol. The normalized spacial score (nSPS) is 14.8. The Hall–Kier alpha value is -4.07. The van der Waals surface area contributed by atoms with E-state index < -0.39 is 24.0 Å². The number of H-pyrrole nitrogens is 1. The molecule has 2 aromatic heterocycles. The number of ether oxygens (including phenoxy) is 1. The lowest BCUT2D eigenvalue weighted by atomic mass is 9.90. The van der Waals surface area contributed by atoms with E-state index in [0.29, 0.717) is 16.9 Å². The van der Waals surface area contributed by atoms with Crippen molar-refractivity contribution in [2.45, 2.75) is 58.1 Å². The van der Waals surface area contributed by atoms with E-state index in [1.165, 1.54) is 0 Å². The number of aliphatic carboxylic acids is 1. The molecule has 186 valence electrons. The van der Waals surface area contributed by atoms with Crippen LogP contribution in [0, 0.1) is 6.92 Å². The van der Waals surface area contributed by atoms with E-state index in [1.54, 1.807) is 26.1 Å². The molecule has 8 heteroatoms. The fourth-order valence-corrected chi connectivity index (χ4v) is 5.00. The van der Waals surface area contributed by atoms with Crippen molar-refractivity contribution in [2.75, 3.05) is 0 Å². The topological polar surface area (TPSA) is 124 Å². The Bertz CT molecular complexity index is 1530. The number of amides is 1. The summed E-state index contributed by atoms with van der Waals surface area (Å²) < 4.78 is 11.5. The summed E-state index contributed by atoms with van der Waals surface area (Å²) in [5, 5.41) is 16.1. The van der Waals surface area contributed by atoms with Crippen LogP contribution >= 0.6 is 0 Å². The third kappa shape index (κ3) is 4.34. The zero-order valence-corrected chi connectivity index (χ0v) is 20.2. The number of carbonyl (C=O) groups excluding carboxylic acids is 2. The number of hydrogen-bond acceptors (Lipinski definition) is 6. The van der Waals surface area contributed by atoms with Crippen LogP contribution in [0.3, 0.4) is 0 Å². The number of carboxylic acids is 1. The number of rotatable bonds is 7. The smallest absolute Gasteiger partial charge is 0.339 e. The first kappa shape index (κ1) is 23.7. The fourth-order valence-electron chi connectivity index (χ4n) is 5.00. The summed E-state index contributed by atoms with van der Waals surface area (Å²) in [6.07, 6.45) is 4.36. The number of aryl methyl sites for hydroxylation is 2. The van der Waals surface area contributed by atoms with E-state index in [2.05, 4.69) is 10.3 Å². The lowest BCUT2D eigenvalue weighted by Crippen LogP contribution is -2.52. The van der Waals surface area contributed by atoms with Crippen LogP contribution in [-0.2, 0) is 28.9 Å². The second kappa shape index (κ2) is 9.53. The molecule has 2 aromatic carbocycles. The predicted molar refractivity (Wildman–Crippen MR) is 133 cm³/mol. The van der Waals surface area contributed by atoms with Gasteiger partial charge in [0.05, 0.1) is 12.0 Å². The summed E-state index contributed by atoms with van der Waals surface area (Å²) in [6, 6.07) is 9.92. The Labute approximate surface area is 207 Å². The molecule has 0 spiro atoms. The first-order chi connectivity index (χ1) is 17.3. The van der Waals surface area contributed by atoms with Crippen LogP contribution in [0.25, 0.3) is 21.9 Å². The maximum atomic E-state index is 12.9. The molecule has 2 heterocycles. The standard InChI is InChI=1S/C28H28N2O6/c1-15-24(12-11-20-19-8-3-4-9-21(19)28(34)36-25(15)20)35-16(2)26(31)30-23(27(32)33)13-17-14-29-22-10-6-5-7-18(17)22/h5-7,10-12,14,16,23,29H,3-4,8-9,13H2,1-2H3,(H,30,31)(H,32,33)/p-1/t16-,23-/m0/s1. The Balaban J connectivity index is 1.34. The van der Waals surface area contributed by atoms with Crippen LogP contribution < -0.4 is 20.8 Å². The summed E-state index contributed by atoms with van der Waals surface area (Å²) >= 11 is 0. The van der Waals surface area contributed by atoms with Gasteiger partial charge >= 0.3 is 5.63 Å².